The number of nitrogens with zero attached hydrogens (tertiary/aromatic N) is 1. The van der Waals surface area contributed by atoms with Crippen LogP contribution in [-0.2, 0) is 4.79 Å². The third kappa shape index (κ3) is 4.67. The van der Waals surface area contributed by atoms with E-state index in [1.165, 1.54) is 0 Å². The van der Waals surface area contributed by atoms with Crippen molar-refractivity contribution in [2.24, 2.45) is 0 Å². The summed E-state index contributed by atoms with van der Waals surface area (Å²) >= 11 is 1.92. The molecule has 0 aliphatic carbocycles. The van der Waals surface area contributed by atoms with Crippen LogP contribution in [-0.4, -0.2) is 42.0 Å². The van der Waals surface area contributed by atoms with Crippen LogP contribution in [0.4, 0.5) is 5.69 Å². The number of ether oxygens (including phenoxy) is 1. The summed E-state index contributed by atoms with van der Waals surface area (Å²) in [6.45, 7) is 2.15. The van der Waals surface area contributed by atoms with Gasteiger partial charge in [-0.25, -0.2) is 0 Å². The molecule has 0 aromatic heterocycles. The maximum Gasteiger partial charge on any atom is 0.226 e. The quantitative estimate of drug-likeness (QED) is 0.857. The number of rotatable bonds is 4. The highest BCUT2D eigenvalue weighted by Gasteiger charge is 2.15. The van der Waals surface area contributed by atoms with E-state index in [1.54, 1.807) is 6.07 Å². The van der Waals surface area contributed by atoms with Gasteiger partial charge in [0.1, 0.15) is 5.75 Å². The van der Waals surface area contributed by atoms with Crippen molar-refractivity contribution in [3.05, 3.63) is 24.3 Å². The zero-order valence-corrected chi connectivity index (χ0v) is 11.8. The molecule has 1 fully saturated rings. The fourth-order valence-corrected chi connectivity index (χ4v) is 2.90. The molecule has 1 amide bonds. The Labute approximate surface area is 118 Å². The van der Waals surface area contributed by atoms with Crippen molar-refractivity contribution in [2.75, 3.05) is 36.9 Å². The van der Waals surface area contributed by atoms with Crippen molar-refractivity contribution >= 4 is 23.4 Å². The highest BCUT2D eigenvalue weighted by atomic mass is 32.2. The van der Waals surface area contributed by atoms with Crippen molar-refractivity contribution in [3.63, 3.8) is 0 Å². The first-order valence-electron chi connectivity index (χ1n) is 6.59. The first kappa shape index (κ1) is 14.1. The zero-order valence-electron chi connectivity index (χ0n) is 11.0. The first-order chi connectivity index (χ1) is 9.25. The summed E-state index contributed by atoms with van der Waals surface area (Å²) in [5.41, 5.74) is 6.34. The molecule has 19 heavy (non-hydrogen) atoms. The Bertz CT molecular complexity index is 418. The summed E-state index contributed by atoms with van der Waals surface area (Å²) in [5, 5.41) is 0. The monoisotopic (exact) mass is 280 g/mol. The molecule has 1 saturated heterocycles. The van der Waals surface area contributed by atoms with Crippen LogP contribution in [0.15, 0.2) is 24.3 Å². The van der Waals surface area contributed by atoms with E-state index in [4.69, 9.17) is 10.5 Å². The summed E-state index contributed by atoms with van der Waals surface area (Å²) in [4.78, 5) is 14.0. The van der Waals surface area contributed by atoms with Crippen LogP contribution in [0.2, 0.25) is 0 Å². The van der Waals surface area contributed by atoms with Crippen LogP contribution in [0.5, 0.6) is 5.75 Å². The average molecular weight is 280 g/mol. The molecule has 2 rings (SSSR count). The molecule has 1 aromatic rings. The standard InChI is InChI=1S/C14H20N2O2S/c15-12-3-1-4-13(11-12)18-8-5-14(17)16-6-2-9-19-10-7-16/h1,3-4,11H,2,5-10,15H2. The predicted octanol–water partition coefficient (Wildman–Crippen LogP) is 2.00. The summed E-state index contributed by atoms with van der Waals surface area (Å²) < 4.78 is 5.55. The summed E-state index contributed by atoms with van der Waals surface area (Å²) in [6.07, 6.45) is 1.52. The number of benzene rings is 1. The Kier molecular flexibility index (Phi) is 5.39. The average Bonchev–Trinajstić information content (AvgIpc) is 2.67. The predicted molar refractivity (Wildman–Crippen MR) is 79.5 cm³/mol. The number of nitrogens with two attached hydrogens (primary N) is 1. The third-order valence-electron chi connectivity index (χ3n) is 3.02. The Morgan fingerprint density at radius 3 is 3.11 bits per heavy atom. The fourth-order valence-electron chi connectivity index (χ4n) is 2.01. The van der Waals surface area contributed by atoms with Crippen molar-refractivity contribution < 1.29 is 9.53 Å². The van der Waals surface area contributed by atoms with Crippen molar-refractivity contribution in [1.29, 1.82) is 0 Å². The number of amides is 1. The van der Waals surface area contributed by atoms with E-state index in [0.717, 1.165) is 36.8 Å². The summed E-state index contributed by atoms with van der Waals surface area (Å²) in [5.74, 6) is 3.11. The molecule has 0 radical (unpaired) electrons. The number of nitrogen functional groups attached to an aromatic ring is 1. The summed E-state index contributed by atoms with van der Waals surface area (Å²) in [6, 6.07) is 7.28. The topological polar surface area (TPSA) is 55.6 Å². The van der Waals surface area contributed by atoms with Gasteiger partial charge in [-0.05, 0) is 24.3 Å². The van der Waals surface area contributed by atoms with Crippen molar-refractivity contribution in [1.82, 2.24) is 4.90 Å². The van der Waals surface area contributed by atoms with Gasteiger partial charge in [0.2, 0.25) is 5.91 Å². The minimum absolute atomic E-state index is 0.186. The molecule has 1 aliphatic heterocycles. The van der Waals surface area contributed by atoms with E-state index in [-0.39, 0.29) is 5.91 Å². The smallest absolute Gasteiger partial charge is 0.226 e. The van der Waals surface area contributed by atoms with Crippen molar-refractivity contribution in [2.45, 2.75) is 12.8 Å². The van der Waals surface area contributed by atoms with Crippen molar-refractivity contribution in [3.8, 4) is 5.75 Å². The number of thioether (sulfide) groups is 1. The number of carbonyl (C=O) groups excluding carboxylic acids is 1. The van der Waals surface area contributed by atoms with Crippen LogP contribution in [0, 0.1) is 0 Å². The van der Waals surface area contributed by atoms with Gasteiger partial charge in [-0.3, -0.25) is 4.79 Å². The van der Waals surface area contributed by atoms with Crippen LogP contribution >= 0.6 is 11.8 Å². The summed E-state index contributed by atoms with van der Waals surface area (Å²) in [7, 11) is 0. The van der Waals surface area contributed by atoms with Crippen LogP contribution in [0.3, 0.4) is 0 Å². The highest BCUT2D eigenvalue weighted by molar-refractivity contribution is 7.99. The molecule has 0 spiro atoms. The second-order valence-corrected chi connectivity index (χ2v) is 5.74. The van der Waals surface area contributed by atoms with E-state index in [2.05, 4.69) is 0 Å². The molecule has 0 unspecified atom stereocenters. The largest absolute Gasteiger partial charge is 0.493 e. The molecule has 1 aromatic carbocycles. The fraction of sp³-hybridized carbons (Fsp3) is 0.500. The molecule has 5 heteroatoms. The van der Waals surface area contributed by atoms with Crippen LogP contribution in [0.1, 0.15) is 12.8 Å². The van der Waals surface area contributed by atoms with E-state index in [0.29, 0.717) is 18.7 Å². The lowest BCUT2D eigenvalue weighted by molar-refractivity contribution is -0.131. The van der Waals surface area contributed by atoms with Crippen LogP contribution in [0.25, 0.3) is 0 Å². The Morgan fingerprint density at radius 2 is 2.26 bits per heavy atom. The molecule has 0 atom stereocenters. The molecule has 1 aliphatic rings. The molecule has 1 heterocycles. The third-order valence-corrected chi connectivity index (χ3v) is 4.07. The van der Waals surface area contributed by atoms with E-state index < -0.39 is 0 Å². The SMILES string of the molecule is Nc1cccc(OCCC(=O)N2CCCSCC2)c1. The second kappa shape index (κ2) is 7.28. The number of hydrogen-bond donors (Lipinski definition) is 1. The number of carbonyl (C=O) groups is 1. The molecular formula is C14H20N2O2S. The minimum Gasteiger partial charge on any atom is -0.493 e. The van der Waals surface area contributed by atoms with Gasteiger partial charge in [0.15, 0.2) is 0 Å². The lowest BCUT2D eigenvalue weighted by Crippen LogP contribution is -2.33. The molecule has 2 N–H and O–H groups in total. The van der Waals surface area contributed by atoms with Gasteiger partial charge >= 0.3 is 0 Å². The van der Waals surface area contributed by atoms with Gasteiger partial charge in [0.05, 0.1) is 13.0 Å². The van der Waals surface area contributed by atoms with E-state index >= 15 is 0 Å². The normalized spacial score (nSPS) is 15.9. The minimum atomic E-state index is 0.186. The number of anilines is 1. The lowest BCUT2D eigenvalue weighted by Gasteiger charge is -2.19. The molecule has 0 saturated carbocycles. The maximum absolute atomic E-state index is 12.0. The van der Waals surface area contributed by atoms with Crippen LogP contribution < -0.4 is 10.5 Å². The number of hydrogen-bond acceptors (Lipinski definition) is 4. The molecule has 0 bridgehead atoms. The Hall–Kier alpha value is -1.36. The zero-order chi connectivity index (χ0) is 13.5. The van der Waals surface area contributed by atoms with Gasteiger partial charge in [0.25, 0.3) is 0 Å². The van der Waals surface area contributed by atoms with E-state index in [1.807, 2.05) is 34.9 Å². The first-order valence-corrected chi connectivity index (χ1v) is 7.75. The Balaban J connectivity index is 1.74. The van der Waals surface area contributed by atoms with Gasteiger partial charge in [-0.15, -0.1) is 0 Å². The maximum atomic E-state index is 12.0. The molecule has 4 nitrogen and oxygen atoms in total. The lowest BCUT2D eigenvalue weighted by atomic mass is 10.3. The molecular weight excluding hydrogens is 260 g/mol. The van der Waals surface area contributed by atoms with Gasteiger partial charge in [-0.2, -0.15) is 11.8 Å². The van der Waals surface area contributed by atoms with Gasteiger partial charge in [0, 0.05) is 30.6 Å². The highest BCUT2D eigenvalue weighted by Crippen LogP contribution is 2.15. The van der Waals surface area contributed by atoms with E-state index in [9.17, 15) is 4.79 Å². The Morgan fingerprint density at radius 1 is 1.37 bits per heavy atom. The van der Waals surface area contributed by atoms with Gasteiger partial charge in [-0.1, -0.05) is 6.07 Å². The second-order valence-electron chi connectivity index (χ2n) is 4.52. The van der Waals surface area contributed by atoms with Gasteiger partial charge < -0.3 is 15.4 Å². The molecule has 104 valence electrons.